The van der Waals surface area contributed by atoms with Crippen LogP contribution in [0.25, 0.3) is 22.3 Å². The Morgan fingerprint density at radius 1 is 1.06 bits per heavy atom. The first kappa shape index (κ1) is 20.3. The van der Waals surface area contributed by atoms with E-state index in [1.807, 2.05) is 31.2 Å². The van der Waals surface area contributed by atoms with Crippen molar-refractivity contribution in [3.8, 4) is 11.4 Å². The second kappa shape index (κ2) is 8.39. The first-order valence-electron chi connectivity index (χ1n) is 9.76. The number of hydrogen-bond acceptors (Lipinski definition) is 7. The highest BCUT2D eigenvalue weighted by molar-refractivity contribution is 5.80. The number of ether oxygens (including phenoxy) is 1. The molecule has 0 amide bonds. The molecule has 0 bridgehead atoms. The SMILES string of the molecule is CCn1c(=O)c2ccccc2n(CC(=O)OCc2nc(-c3ccccc3C)no2)c1=O. The molecule has 0 radical (unpaired) electrons. The standard InChI is InChI=1S/C22H20N4O5/c1-3-25-21(28)16-10-6-7-11-17(16)26(22(25)29)12-19(27)30-13-18-23-20(24-31-18)15-9-5-4-8-14(15)2/h4-11H,3,12-13H2,1-2H3. The normalized spacial score (nSPS) is 11.0. The van der Waals surface area contributed by atoms with Crippen LogP contribution in [0.2, 0.25) is 0 Å². The first-order chi connectivity index (χ1) is 15.0. The van der Waals surface area contributed by atoms with Gasteiger partial charge >= 0.3 is 11.7 Å². The third-order valence-corrected chi connectivity index (χ3v) is 4.95. The largest absolute Gasteiger partial charge is 0.454 e. The van der Waals surface area contributed by atoms with Crippen LogP contribution in [0.3, 0.4) is 0 Å². The van der Waals surface area contributed by atoms with Crippen LogP contribution in [0.5, 0.6) is 0 Å². The summed E-state index contributed by atoms with van der Waals surface area (Å²) in [5.41, 5.74) is 1.23. The maximum atomic E-state index is 12.7. The molecular weight excluding hydrogens is 400 g/mol. The van der Waals surface area contributed by atoms with Crippen molar-refractivity contribution in [3.05, 3.63) is 80.8 Å². The summed E-state index contributed by atoms with van der Waals surface area (Å²) in [6.07, 6.45) is 0. The van der Waals surface area contributed by atoms with E-state index < -0.39 is 11.7 Å². The van der Waals surface area contributed by atoms with E-state index in [-0.39, 0.29) is 31.1 Å². The zero-order valence-corrected chi connectivity index (χ0v) is 17.1. The quantitative estimate of drug-likeness (QED) is 0.440. The van der Waals surface area contributed by atoms with Crippen LogP contribution in [0.15, 0.2) is 62.6 Å². The zero-order valence-electron chi connectivity index (χ0n) is 17.1. The van der Waals surface area contributed by atoms with E-state index in [0.29, 0.717) is 16.7 Å². The summed E-state index contributed by atoms with van der Waals surface area (Å²) in [7, 11) is 0. The van der Waals surface area contributed by atoms with Crippen LogP contribution in [0.1, 0.15) is 18.4 Å². The fraction of sp³-hybridized carbons (Fsp3) is 0.227. The van der Waals surface area contributed by atoms with Gasteiger partial charge in [0.05, 0.1) is 10.9 Å². The van der Waals surface area contributed by atoms with E-state index in [2.05, 4.69) is 10.1 Å². The summed E-state index contributed by atoms with van der Waals surface area (Å²) in [6, 6.07) is 14.2. The zero-order chi connectivity index (χ0) is 22.0. The molecule has 0 aliphatic heterocycles. The first-order valence-corrected chi connectivity index (χ1v) is 9.76. The number of aromatic nitrogens is 4. The lowest BCUT2D eigenvalue weighted by atomic mass is 10.1. The van der Waals surface area contributed by atoms with Gasteiger partial charge < -0.3 is 9.26 Å². The Morgan fingerprint density at radius 3 is 2.58 bits per heavy atom. The lowest BCUT2D eigenvalue weighted by molar-refractivity contribution is -0.146. The van der Waals surface area contributed by atoms with E-state index in [4.69, 9.17) is 9.26 Å². The van der Waals surface area contributed by atoms with Crippen molar-refractivity contribution < 1.29 is 14.1 Å². The molecule has 2 aromatic carbocycles. The molecule has 0 saturated carbocycles. The Hall–Kier alpha value is -4.01. The van der Waals surface area contributed by atoms with Crippen LogP contribution in [-0.4, -0.2) is 25.2 Å². The molecule has 158 valence electrons. The lowest BCUT2D eigenvalue weighted by Crippen LogP contribution is -2.40. The van der Waals surface area contributed by atoms with Gasteiger partial charge in [-0.3, -0.25) is 18.7 Å². The van der Waals surface area contributed by atoms with Crippen molar-refractivity contribution in [2.75, 3.05) is 0 Å². The minimum atomic E-state index is -0.663. The molecule has 0 N–H and O–H groups in total. The van der Waals surface area contributed by atoms with Crippen molar-refractivity contribution in [3.63, 3.8) is 0 Å². The van der Waals surface area contributed by atoms with Crippen molar-refractivity contribution in [1.82, 2.24) is 19.3 Å². The Kier molecular flexibility index (Phi) is 5.48. The highest BCUT2D eigenvalue weighted by atomic mass is 16.6. The van der Waals surface area contributed by atoms with Crippen LogP contribution < -0.4 is 11.2 Å². The number of nitrogens with zero attached hydrogens (tertiary/aromatic N) is 4. The molecule has 0 spiro atoms. The Morgan fingerprint density at radius 2 is 1.81 bits per heavy atom. The molecule has 4 aromatic rings. The van der Waals surface area contributed by atoms with Gasteiger partial charge in [-0.15, -0.1) is 0 Å². The van der Waals surface area contributed by atoms with Gasteiger partial charge in [-0.25, -0.2) is 4.79 Å². The van der Waals surface area contributed by atoms with Crippen molar-refractivity contribution in [2.24, 2.45) is 0 Å². The molecule has 0 atom stereocenters. The number of carbonyl (C=O) groups is 1. The van der Waals surface area contributed by atoms with E-state index in [9.17, 15) is 14.4 Å². The minimum Gasteiger partial charge on any atom is -0.454 e. The Bertz CT molecular complexity index is 1380. The van der Waals surface area contributed by atoms with E-state index in [1.54, 1.807) is 31.2 Å². The number of esters is 1. The van der Waals surface area contributed by atoms with Crippen molar-refractivity contribution >= 4 is 16.9 Å². The van der Waals surface area contributed by atoms with Crippen LogP contribution >= 0.6 is 0 Å². The van der Waals surface area contributed by atoms with Gasteiger partial charge in [-0.2, -0.15) is 4.98 Å². The van der Waals surface area contributed by atoms with Gasteiger partial charge in [0.2, 0.25) is 5.82 Å². The number of hydrogen-bond donors (Lipinski definition) is 0. The van der Waals surface area contributed by atoms with E-state index in [0.717, 1.165) is 15.7 Å². The lowest BCUT2D eigenvalue weighted by Gasteiger charge is -2.12. The molecule has 0 aliphatic carbocycles. The van der Waals surface area contributed by atoms with Crippen LogP contribution in [0.4, 0.5) is 0 Å². The molecule has 2 aromatic heterocycles. The van der Waals surface area contributed by atoms with Gasteiger partial charge in [0.1, 0.15) is 6.54 Å². The van der Waals surface area contributed by atoms with Crippen LogP contribution in [0, 0.1) is 6.92 Å². The molecule has 9 heteroatoms. The smallest absolute Gasteiger partial charge is 0.332 e. The van der Waals surface area contributed by atoms with Crippen molar-refractivity contribution in [2.45, 2.75) is 33.5 Å². The van der Waals surface area contributed by atoms with E-state index >= 15 is 0 Å². The fourth-order valence-electron chi connectivity index (χ4n) is 3.37. The number of para-hydroxylation sites is 1. The Balaban J connectivity index is 1.53. The summed E-state index contributed by atoms with van der Waals surface area (Å²) < 4.78 is 12.7. The summed E-state index contributed by atoms with van der Waals surface area (Å²) in [5.74, 6) is -0.118. The van der Waals surface area contributed by atoms with Crippen molar-refractivity contribution in [1.29, 1.82) is 0 Å². The second-order valence-corrected chi connectivity index (χ2v) is 6.92. The topological polar surface area (TPSA) is 109 Å². The molecule has 9 nitrogen and oxygen atoms in total. The average molecular weight is 420 g/mol. The van der Waals surface area contributed by atoms with Gasteiger partial charge in [0.25, 0.3) is 11.4 Å². The van der Waals surface area contributed by atoms with E-state index in [1.165, 1.54) is 4.57 Å². The minimum absolute atomic E-state index is 0.141. The number of benzene rings is 2. The molecule has 4 rings (SSSR count). The van der Waals surface area contributed by atoms with Crippen LogP contribution in [-0.2, 0) is 29.2 Å². The predicted octanol–water partition coefficient (Wildman–Crippen LogP) is 2.28. The maximum Gasteiger partial charge on any atom is 0.332 e. The third-order valence-electron chi connectivity index (χ3n) is 4.95. The monoisotopic (exact) mass is 420 g/mol. The number of aryl methyl sites for hydroxylation is 1. The predicted molar refractivity (Wildman–Crippen MR) is 112 cm³/mol. The summed E-state index contributed by atoms with van der Waals surface area (Å²) in [6.45, 7) is 3.25. The van der Waals surface area contributed by atoms with Gasteiger partial charge in [-0.05, 0) is 31.5 Å². The molecule has 0 aliphatic rings. The highest BCUT2D eigenvalue weighted by Crippen LogP contribution is 2.20. The van der Waals surface area contributed by atoms with Gasteiger partial charge in [0, 0.05) is 12.1 Å². The maximum absolute atomic E-state index is 12.7. The summed E-state index contributed by atoms with van der Waals surface area (Å²) in [5, 5.41) is 4.28. The number of fused-ring (bicyclic) bond motifs is 1. The number of rotatable bonds is 6. The molecule has 0 saturated heterocycles. The fourth-order valence-corrected chi connectivity index (χ4v) is 3.37. The average Bonchev–Trinajstić information content (AvgIpc) is 3.25. The van der Waals surface area contributed by atoms with Gasteiger partial charge in [-0.1, -0.05) is 41.6 Å². The van der Waals surface area contributed by atoms with Gasteiger partial charge in [0.15, 0.2) is 6.61 Å². The number of carbonyl (C=O) groups excluding carboxylic acids is 1. The third kappa shape index (κ3) is 3.89. The summed E-state index contributed by atoms with van der Waals surface area (Å²) in [4.78, 5) is 41.9. The summed E-state index contributed by atoms with van der Waals surface area (Å²) >= 11 is 0. The highest BCUT2D eigenvalue weighted by Gasteiger charge is 2.17. The second-order valence-electron chi connectivity index (χ2n) is 6.92. The molecule has 31 heavy (non-hydrogen) atoms. The molecule has 0 unspecified atom stereocenters. The Labute approximate surface area is 176 Å². The molecular formula is C22H20N4O5. The molecule has 0 fully saturated rings. The molecule has 2 heterocycles.